The summed E-state index contributed by atoms with van der Waals surface area (Å²) >= 11 is 5.78. The number of hydrogen-bond donors (Lipinski definition) is 0. The van der Waals surface area contributed by atoms with E-state index in [-0.39, 0.29) is 29.5 Å². The van der Waals surface area contributed by atoms with Gasteiger partial charge in [0.05, 0.1) is 12.1 Å². The van der Waals surface area contributed by atoms with E-state index in [4.69, 9.17) is 16.3 Å². The predicted molar refractivity (Wildman–Crippen MR) is 76.7 cm³/mol. The quantitative estimate of drug-likeness (QED) is 0.792. The van der Waals surface area contributed by atoms with E-state index in [0.29, 0.717) is 12.1 Å². The van der Waals surface area contributed by atoms with Gasteiger partial charge in [0.2, 0.25) is 5.43 Å². The lowest BCUT2D eigenvalue weighted by Crippen LogP contribution is -2.14. The van der Waals surface area contributed by atoms with Crippen LogP contribution >= 0.6 is 11.6 Å². The van der Waals surface area contributed by atoms with E-state index < -0.39 is 0 Å². The Morgan fingerprint density at radius 2 is 2.15 bits per heavy atom. The molecule has 1 aromatic carbocycles. The summed E-state index contributed by atoms with van der Waals surface area (Å²) in [6, 6.07) is 7.56. The van der Waals surface area contributed by atoms with E-state index in [1.807, 2.05) is 11.5 Å². The van der Waals surface area contributed by atoms with Crippen LogP contribution in [0.3, 0.4) is 0 Å². The average Bonchev–Trinajstić information content (AvgIpc) is 2.45. The maximum Gasteiger partial charge on any atom is 0.223 e. The van der Waals surface area contributed by atoms with Gasteiger partial charge in [0.25, 0.3) is 0 Å². The number of rotatable bonds is 5. The lowest BCUT2D eigenvalue weighted by molar-refractivity contribution is 0.299. The van der Waals surface area contributed by atoms with E-state index in [0.717, 1.165) is 5.69 Å². The Hall–Kier alpha value is -1.81. The first kappa shape index (κ1) is 14.6. The van der Waals surface area contributed by atoms with E-state index in [2.05, 4.69) is 0 Å². The topological polar surface area (TPSA) is 31.2 Å². The fourth-order valence-corrected chi connectivity index (χ4v) is 2.13. The summed E-state index contributed by atoms with van der Waals surface area (Å²) in [6.45, 7) is 2.80. The van der Waals surface area contributed by atoms with Crippen LogP contribution in [0.15, 0.2) is 41.3 Å². The highest BCUT2D eigenvalue weighted by Gasteiger charge is 2.07. The monoisotopic (exact) mass is 295 g/mol. The lowest BCUT2D eigenvalue weighted by atomic mass is 10.2. The molecule has 0 radical (unpaired) electrons. The number of aryl methyl sites for hydroxylation is 1. The van der Waals surface area contributed by atoms with Gasteiger partial charge in [-0.1, -0.05) is 12.1 Å². The molecule has 2 rings (SSSR count). The molecule has 20 heavy (non-hydrogen) atoms. The van der Waals surface area contributed by atoms with Gasteiger partial charge in [0, 0.05) is 18.3 Å². The van der Waals surface area contributed by atoms with Crippen LogP contribution in [0, 0.1) is 5.82 Å². The number of pyridine rings is 1. The van der Waals surface area contributed by atoms with E-state index in [1.165, 1.54) is 18.2 Å². The first-order chi connectivity index (χ1) is 9.63. The summed E-state index contributed by atoms with van der Waals surface area (Å²) in [6.07, 6.45) is 1.64. The van der Waals surface area contributed by atoms with E-state index in [1.54, 1.807) is 18.3 Å². The number of alkyl halides is 1. The van der Waals surface area contributed by atoms with Gasteiger partial charge in [-0.05, 0) is 24.6 Å². The van der Waals surface area contributed by atoms with Gasteiger partial charge in [-0.2, -0.15) is 0 Å². The van der Waals surface area contributed by atoms with Gasteiger partial charge in [-0.15, -0.1) is 11.6 Å². The minimum Gasteiger partial charge on any atom is -0.483 e. The Labute approximate surface area is 121 Å². The van der Waals surface area contributed by atoms with Crippen molar-refractivity contribution in [3.8, 4) is 5.75 Å². The van der Waals surface area contributed by atoms with Crippen molar-refractivity contribution in [3.05, 3.63) is 63.8 Å². The van der Waals surface area contributed by atoms with Crippen LogP contribution in [-0.4, -0.2) is 4.57 Å². The molecule has 0 aliphatic rings. The van der Waals surface area contributed by atoms with Crippen molar-refractivity contribution >= 4 is 11.6 Å². The molecule has 0 bridgehead atoms. The zero-order valence-electron chi connectivity index (χ0n) is 11.1. The summed E-state index contributed by atoms with van der Waals surface area (Å²) in [5.41, 5.74) is 1.20. The summed E-state index contributed by atoms with van der Waals surface area (Å²) < 4.78 is 20.4. The molecular weight excluding hydrogens is 281 g/mol. The van der Waals surface area contributed by atoms with Crippen LogP contribution in [0.4, 0.5) is 4.39 Å². The molecule has 106 valence electrons. The summed E-state index contributed by atoms with van der Waals surface area (Å²) in [7, 11) is 0. The number of ether oxygens (including phenoxy) is 1. The van der Waals surface area contributed by atoms with Crippen LogP contribution in [0.25, 0.3) is 0 Å². The van der Waals surface area contributed by atoms with Crippen LogP contribution in [-0.2, 0) is 19.0 Å². The second-order valence-electron chi connectivity index (χ2n) is 4.33. The van der Waals surface area contributed by atoms with E-state index in [9.17, 15) is 9.18 Å². The molecule has 0 aliphatic carbocycles. The molecule has 1 aromatic heterocycles. The molecule has 0 spiro atoms. The van der Waals surface area contributed by atoms with Crippen LogP contribution < -0.4 is 10.2 Å². The summed E-state index contributed by atoms with van der Waals surface area (Å²) in [5.74, 6) is 0.187. The SMILES string of the molecule is CCn1cc(OCc2cccc(F)c2)c(=O)cc1CCl. The molecule has 0 saturated heterocycles. The highest BCUT2D eigenvalue weighted by atomic mass is 35.5. The summed E-state index contributed by atoms with van der Waals surface area (Å²) in [4.78, 5) is 11.9. The van der Waals surface area contributed by atoms with Gasteiger partial charge in [-0.25, -0.2) is 4.39 Å². The van der Waals surface area contributed by atoms with Crippen LogP contribution in [0.1, 0.15) is 18.2 Å². The smallest absolute Gasteiger partial charge is 0.223 e. The second kappa shape index (κ2) is 6.57. The van der Waals surface area contributed by atoms with Crippen molar-refractivity contribution in [3.63, 3.8) is 0 Å². The maximum absolute atomic E-state index is 13.1. The minimum absolute atomic E-state index is 0.150. The third kappa shape index (κ3) is 3.39. The fraction of sp³-hybridized carbons (Fsp3) is 0.267. The van der Waals surface area contributed by atoms with Crippen LogP contribution in [0.2, 0.25) is 0 Å². The zero-order valence-corrected chi connectivity index (χ0v) is 11.9. The Bertz CT molecular complexity index is 655. The van der Waals surface area contributed by atoms with Gasteiger partial charge in [0.15, 0.2) is 5.75 Å². The predicted octanol–water partition coefficient (Wildman–Crippen LogP) is 3.33. The van der Waals surface area contributed by atoms with Gasteiger partial charge in [-0.3, -0.25) is 4.79 Å². The summed E-state index contributed by atoms with van der Waals surface area (Å²) in [5, 5.41) is 0. The van der Waals surface area contributed by atoms with Gasteiger partial charge in [0.1, 0.15) is 12.4 Å². The van der Waals surface area contributed by atoms with Crippen molar-refractivity contribution in [2.24, 2.45) is 0 Å². The number of benzene rings is 1. The number of aromatic nitrogens is 1. The number of halogens is 2. The molecule has 0 amide bonds. The Balaban J connectivity index is 2.19. The molecule has 0 fully saturated rings. The van der Waals surface area contributed by atoms with Gasteiger partial charge < -0.3 is 9.30 Å². The van der Waals surface area contributed by atoms with Crippen molar-refractivity contribution < 1.29 is 9.13 Å². The standard InChI is InChI=1S/C15H15ClFNO2/c1-2-18-9-15(14(19)7-13(18)8-16)20-10-11-4-3-5-12(17)6-11/h3-7,9H,2,8,10H2,1H3. The maximum atomic E-state index is 13.1. The molecule has 0 aliphatic heterocycles. The Kier molecular flexibility index (Phi) is 4.79. The van der Waals surface area contributed by atoms with Gasteiger partial charge >= 0.3 is 0 Å². The molecule has 0 atom stereocenters. The molecule has 0 N–H and O–H groups in total. The van der Waals surface area contributed by atoms with Crippen molar-refractivity contribution in [1.29, 1.82) is 0 Å². The highest BCUT2D eigenvalue weighted by molar-refractivity contribution is 6.16. The first-order valence-electron chi connectivity index (χ1n) is 6.30. The fourth-order valence-electron chi connectivity index (χ4n) is 1.90. The average molecular weight is 296 g/mol. The third-order valence-electron chi connectivity index (χ3n) is 2.94. The Morgan fingerprint density at radius 1 is 1.35 bits per heavy atom. The third-order valence-corrected chi connectivity index (χ3v) is 3.22. The number of nitrogens with zero attached hydrogens (tertiary/aromatic N) is 1. The van der Waals surface area contributed by atoms with Crippen LogP contribution in [0.5, 0.6) is 5.75 Å². The second-order valence-corrected chi connectivity index (χ2v) is 4.60. The molecule has 5 heteroatoms. The Morgan fingerprint density at radius 3 is 2.80 bits per heavy atom. The highest BCUT2D eigenvalue weighted by Crippen LogP contribution is 2.12. The molecular formula is C15H15ClFNO2. The van der Waals surface area contributed by atoms with Crippen molar-refractivity contribution in [2.45, 2.75) is 26.0 Å². The largest absolute Gasteiger partial charge is 0.483 e. The van der Waals surface area contributed by atoms with E-state index >= 15 is 0 Å². The molecule has 1 heterocycles. The number of hydrogen-bond acceptors (Lipinski definition) is 2. The van der Waals surface area contributed by atoms with Crippen molar-refractivity contribution in [2.75, 3.05) is 0 Å². The molecule has 2 aromatic rings. The molecule has 0 unspecified atom stereocenters. The zero-order chi connectivity index (χ0) is 14.5. The normalized spacial score (nSPS) is 10.6. The molecule has 0 saturated carbocycles. The lowest BCUT2D eigenvalue weighted by Gasteiger charge is -2.12. The molecule has 3 nitrogen and oxygen atoms in total. The first-order valence-corrected chi connectivity index (χ1v) is 6.84. The van der Waals surface area contributed by atoms with Crippen molar-refractivity contribution in [1.82, 2.24) is 4.57 Å². The minimum atomic E-state index is -0.324.